The van der Waals surface area contributed by atoms with Gasteiger partial charge in [0.15, 0.2) is 11.5 Å². The first-order valence-corrected chi connectivity index (χ1v) is 8.95. The molecule has 1 aromatic carbocycles. The summed E-state index contributed by atoms with van der Waals surface area (Å²) in [6.07, 6.45) is 0.643. The Morgan fingerprint density at radius 3 is 2.54 bits per heavy atom. The molecule has 1 unspecified atom stereocenters. The van der Waals surface area contributed by atoms with E-state index < -0.39 is 4.92 Å². The van der Waals surface area contributed by atoms with Crippen LogP contribution in [0.15, 0.2) is 18.2 Å². The van der Waals surface area contributed by atoms with Crippen LogP contribution in [0.4, 0.5) is 5.69 Å². The van der Waals surface area contributed by atoms with Crippen LogP contribution in [0.25, 0.3) is 0 Å². The number of nitro groups is 1. The van der Waals surface area contributed by atoms with E-state index in [1.165, 1.54) is 4.68 Å². The predicted molar refractivity (Wildman–Crippen MR) is 104 cm³/mol. The van der Waals surface area contributed by atoms with Crippen molar-refractivity contribution in [3.8, 4) is 11.5 Å². The van der Waals surface area contributed by atoms with Gasteiger partial charge < -0.3 is 14.8 Å². The number of aromatic nitrogens is 2. The van der Waals surface area contributed by atoms with Gasteiger partial charge in [-0.2, -0.15) is 5.10 Å². The van der Waals surface area contributed by atoms with Gasteiger partial charge in [0.2, 0.25) is 5.91 Å². The van der Waals surface area contributed by atoms with Crippen LogP contribution < -0.4 is 14.8 Å². The third kappa shape index (κ3) is 4.79. The Kier molecular flexibility index (Phi) is 6.97. The van der Waals surface area contributed by atoms with Crippen molar-refractivity contribution < 1.29 is 19.2 Å². The van der Waals surface area contributed by atoms with Crippen LogP contribution in [-0.2, 0) is 17.8 Å². The fraction of sp³-hybridized carbons (Fsp3) is 0.474. The van der Waals surface area contributed by atoms with Crippen LogP contribution in [0.2, 0.25) is 0 Å². The van der Waals surface area contributed by atoms with Crippen molar-refractivity contribution >= 4 is 11.6 Å². The zero-order valence-electron chi connectivity index (χ0n) is 16.8. The predicted octanol–water partition coefficient (Wildman–Crippen LogP) is 2.42. The van der Waals surface area contributed by atoms with Crippen molar-refractivity contribution in [1.82, 2.24) is 15.1 Å². The summed E-state index contributed by atoms with van der Waals surface area (Å²) in [6.45, 7) is 5.75. The maximum atomic E-state index is 12.4. The van der Waals surface area contributed by atoms with Crippen molar-refractivity contribution in [2.24, 2.45) is 5.92 Å². The van der Waals surface area contributed by atoms with E-state index in [0.717, 1.165) is 5.56 Å². The Morgan fingerprint density at radius 1 is 1.29 bits per heavy atom. The number of benzene rings is 1. The minimum Gasteiger partial charge on any atom is -0.493 e. The summed E-state index contributed by atoms with van der Waals surface area (Å²) in [5.74, 6) is 0.799. The molecule has 28 heavy (non-hydrogen) atoms. The molecule has 1 amide bonds. The molecule has 0 fully saturated rings. The largest absolute Gasteiger partial charge is 0.493 e. The summed E-state index contributed by atoms with van der Waals surface area (Å²) < 4.78 is 12.0. The molecule has 152 valence electrons. The van der Waals surface area contributed by atoms with Crippen LogP contribution >= 0.6 is 0 Å². The van der Waals surface area contributed by atoms with Crippen LogP contribution in [-0.4, -0.2) is 41.4 Å². The molecule has 1 heterocycles. The number of hydrogen-bond acceptors (Lipinski definition) is 6. The molecular weight excluding hydrogens is 364 g/mol. The van der Waals surface area contributed by atoms with Crippen LogP contribution in [0, 0.1) is 29.9 Å². The molecule has 1 aromatic heterocycles. The Hall–Kier alpha value is -3.10. The highest BCUT2D eigenvalue weighted by Gasteiger charge is 2.24. The summed E-state index contributed by atoms with van der Waals surface area (Å²) >= 11 is 0. The number of carbonyl (C=O) groups is 1. The van der Waals surface area contributed by atoms with Crippen LogP contribution in [0.5, 0.6) is 11.5 Å². The van der Waals surface area contributed by atoms with Gasteiger partial charge in [0, 0.05) is 6.54 Å². The number of nitrogens with zero attached hydrogens (tertiary/aromatic N) is 3. The van der Waals surface area contributed by atoms with Gasteiger partial charge in [-0.25, -0.2) is 0 Å². The molecule has 0 radical (unpaired) electrons. The summed E-state index contributed by atoms with van der Waals surface area (Å²) in [4.78, 5) is 23.0. The molecule has 9 nitrogen and oxygen atoms in total. The summed E-state index contributed by atoms with van der Waals surface area (Å²) in [5, 5.41) is 18.2. The molecule has 0 aliphatic heterocycles. The minimum absolute atomic E-state index is 0.000983. The highest BCUT2D eigenvalue weighted by Crippen LogP contribution is 2.27. The minimum atomic E-state index is -0.442. The SMILES string of the molecule is COc1ccc(CCNC(=O)C(C)Cn2nc(C)c([N+](=O)[O-])c2C)cc1OC. The van der Waals surface area contributed by atoms with Crippen molar-refractivity contribution in [1.29, 1.82) is 0 Å². The van der Waals surface area contributed by atoms with E-state index in [9.17, 15) is 14.9 Å². The summed E-state index contributed by atoms with van der Waals surface area (Å²) in [5.41, 5.74) is 1.82. The second-order valence-electron chi connectivity index (χ2n) is 6.59. The molecule has 0 spiro atoms. The van der Waals surface area contributed by atoms with Gasteiger partial charge in [-0.05, 0) is 38.0 Å². The van der Waals surface area contributed by atoms with Crippen molar-refractivity contribution in [3.63, 3.8) is 0 Å². The van der Waals surface area contributed by atoms with Crippen molar-refractivity contribution in [2.45, 2.75) is 33.7 Å². The maximum Gasteiger partial charge on any atom is 0.312 e. The average molecular weight is 390 g/mol. The Balaban J connectivity index is 1.91. The Labute approximate surface area is 163 Å². The standard InChI is InChI=1S/C19H26N4O5/c1-12(11-22-14(3)18(23(25)26)13(2)21-22)19(24)20-9-8-15-6-7-16(27-4)17(10-15)28-5/h6-7,10,12H,8-9,11H2,1-5H3,(H,20,24). The van der Waals surface area contributed by atoms with Crippen molar-refractivity contribution in [3.05, 3.63) is 45.3 Å². The van der Waals surface area contributed by atoms with Gasteiger partial charge in [0.05, 0.1) is 31.6 Å². The first-order valence-electron chi connectivity index (χ1n) is 8.95. The highest BCUT2D eigenvalue weighted by atomic mass is 16.6. The second-order valence-corrected chi connectivity index (χ2v) is 6.59. The molecule has 2 rings (SSSR count). The molecule has 0 saturated carbocycles. The molecule has 9 heteroatoms. The monoisotopic (exact) mass is 390 g/mol. The normalized spacial score (nSPS) is 11.8. The van der Waals surface area contributed by atoms with E-state index >= 15 is 0 Å². The zero-order chi connectivity index (χ0) is 20.8. The van der Waals surface area contributed by atoms with E-state index in [1.54, 1.807) is 35.0 Å². The van der Waals surface area contributed by atoms with Crippen LogP contribution in [0.1, 0.15) is 23.9 Å². The first kappa shape index (κ1) is 21.2. The lowest BCUT2D eigenvalue weighted by atomic mass is 10.1. The number of ether oxygens (including phenoxy) is 2. The second kappa shape index (κ2) is 9.20. The molecule has 0 aliphatic rings. The summed E-state index contributed by atoms with van der Waals surface area (Å²) in [7, 11) is 3.16. The fourth-order valence-corrected chi connectivity index (χ4v) is 3.01. The van der Waals surface area contributed by atoms with Gasteiger partial charge in [-0.1, -0.05) is 13.0 Å². The maximum absolute atomic E-state index is 12.4. The molecule has 0 aliphatic carbocycles. The molecular formula is C19H26N4O5. The quantitative estimate of drug-likeness (QED) is 0.520. The lowest BCUT2D eigenvalue weighted by Gasteiger charge is -2.14. The number of nitrogens with one attached hydrogen (secondary N) is 1. The van der Waals surface area contributed by atoms with E-state index in [-0.39, 0.29) is 24.1 Å². The lowest BCUT2D eigenvalue weighted by molar-refractivity contribution is -0.386. The van der Waals surface area contributed by atoms with Gasteiger partial charge in [-0.15, -0.1) is 0 Å². The van der Waals surface area contributed by atoms with Crippen molar-refractivity contribution in [2.75, 3.05) is 20.8 Å². The molecule has 0 saturated heterocycles. The number of aryl methyl sites for hydroxylation is 1. The topological polar surface area (TPSA) is 109 Å². The Bertz CT molecular complexity index is 862. The first-order chi connectivity index (χ1) is 13.3. The van der Waals surface area contributed by atoms with Gasteiger partial charge in [0.25, 0.3) is 0 Å². The number of amides is 1. The number of hydrogen-bond donors (Lipinski definition) is 1. The van der Waals surface area contributed by atoms with E-state index in [1.807, 2.05) is 18.2 Å². The molecule has 2 aromatic rings. The van der Waals surface area contributed by atoms with E-state index in [0.29, 0.717) is 35.9 Å². The van der Waals surface area contributed by atoms with Gasteiger partial charge >= 0.3 is 5.69 Å². The Morgan fingerprint density at radius 2 is 1.96 bits per heavy atom. The van der Waals surface area contributed by atoms with Gasteiger partial charge in [-0.3, -0.25) is 19.6 Å². The van der Waals surface area contributed by atoms with E-state index in [2.05, 4.69) is 10.4 Å². The van der Waals surface area contributed by atoms with E-state index in [4.69, 9.17) is 9.47 Å². The third-order valence-corrected chi connectivity index (χ3v) is 4.58. The highest BCUT2D eigenvalue weighted by molar-refractivity contribution is 5.78. The molecule has 0 bridgehead atoms. The zero-order valence-corrected chi connectivity index (χ0v) is 16.8. The van der Waals surface area contributed by atoms with Gasteiger partial charge in [0.1, 0.15) is 11.4 Å². The fourth-order valence-electron chi connectivity index (χ4n) is 3.01. The van der Waals surface area contributed by atoms with Crippen LogP contribution in [0.3, 0.4) is 0 Å². The summed E-state index contributed by atoms with van der Waals surface area (Å²) in [6, 6.07) is 5.63. The third-order valence-electron chi connectivity index (χ3n) is 4.58. The number of rotatable bonds is 9. The molecule has 1 atom stereocenters. The smallest absolute Gasteiger partial charge is 0.312 e. The number of methoxy groups -OCH3 is 2. The molecule has 1 N–H and O–H groups in total. The lowest BCUT2D eigenvalue weighted by Crippen LogP contribution is -2.33. The number of carbonyl (C=O) groups excluding carboxylic acids is 1. The average Bonchev–Trinajstić information content (AvgIpc) is 2.94.